The lowest BCUT2D eigenvalue weighted by Crippen LogP contribution is -2.27. The highest BCUT2D eigenvalue weighted by Crippen LogP contribution is 2.45. The minimum absolute atomic E-state index is 0.262. The normalized spacial score (nSPS) is 18.8. The van der Waals surface area contributed by atoms with Crippen LogP contribution in [-0.2, 0) is 21.7 Å². The van der Waals surface area contributed by atoms with Crippen molar-refractivity contribution >= 4 is 5.91 Å². The van der Waals surface area contributed by atoms with Crippen LogP contribution in [0.15, 0.2) is 42.5 Å². The van der Waals surface area contributed by atoms with Gasteiger partial charge in [0.15, 0.2) is 0 Å². The van der Waals surface area contributed by atoms with Crippen molar-refractivity contribution in [3.63, 3.8) is 0 Å². The van der Waals surface area contributed by atoms with Crippen LogP contribution in [0.5, 0.6) is 0 Å². The summed E-state index contributed by atoms with van der Waals surface area (Å²) < 4.78 is 19.4. The summed E-state index contributed by atoms with van der Waals surface area (Å²) in [5.41, 5.74) is 7.80. The van der Waals surface area contributed by atoms with Crippen LogP contribution in [0, 0.1) is 17.1 Å². The number of fused-ring (bicyclic) bond motifs is 1. The van der Waals surface area contributed by atoms with Crippen molar-refractivity contribution in [1.82, 2.24) is 0 Å². The SMILES string of the molecule is N#Cc1ccc2c(c1)COC2(CCCC(N)=O)c1ccc(F)cc1. The van der Waals surface area contributed by atoms with Crippen molar-refractivity contribution in [2.45, 2.75) is 31.5 Å². The summed E-state index contributed by atoms with van der Waals surface area (Å²) in [6.07, 6.45) is 1.38. The van der Waals surface area contributed by atoms with Gasteiger partial charge >= 0.3 is 0 Å². The van der Waals surface area contributed by atoms with Gasteiger partial charge in [-0.15, -0.1) is 0 Å². The van der Waals surface area contributed by atoms with E-state index in [1.54, 1.807) is 18.2 Å². The first-order valence-electron chi connectivity index (χ1n) is 7.77. The smallest absolute Gasteiger partial charge is 0.217 e. The summed E-state index contributed by atoms with van der Waals surface area (Å²) in [5.74, 6) is -0.675. The second kappa shape index (κ2) is 6.42. The second-order valence-electron chi connectivity index (χ2n) is 5.93. The summed E-state index contributed by atoms with van der Waals surface area (Å²) in [6.45, 7) is 0.374. The van der Waals surface area contributed by atoms with Crippen molar-refractivity contribution in [3.05, 3.63) is 70.5 Å². The van der Waals surface area contributed by atoms with Crippen molar-refractivity contribution in [2.75, 3.05) is 0 Å². The van der Waals surface area contributed by atoms with Crippen LogP contribution < -0.4 is 5.73 Å². The van der Waals surface area contributed by atoms with Gasteiger partial charge < -0.3 is 10.5 Å². The van der Waals surface area contributed by atoms with Gasteiger partial charge in [0.05, 0.1) is 18.2 Å². The predicted octanol–water partition coefficient (Wildman–Crippen LogP) is 3.13. The molecule has 4 nitrogen and oxygen atoms in total. The van der Waals surface area contributed by atoms with Crippen LogP contribution in [0.4, 0.5) is 4.39 Å². The van der Waals surface area contributed by atoms with Gasteiger partial charge in [0, 0.05) is 6.42 Å². The van der Waals surface area contributed by atoms with Crippen LogP contribution in [0.1, 0.15) is 41.5 Å². The Kier molecular flexibility index (Phi) is 4.32. The molecule has 0 radical (unpaired) electrons. The molecule has 2 N–H and O–H groups in total. The third-order valence-corrected chi connectivity index (χ3v) is 4.41. The summed E-state index contributed by atoms with van der Waals surface area (Å²) in [4.78, 5) is 11.1. The van der Waals surface area contributed by atoms with Gasteiger partial charge in [-0.05, 0) is 53.8 Å². The average molecular weight is 324 g/mol. The molecule has 5 heteroatoms. The van der Waals surface area contributed by atoms with E-state index in [0.717, 1.165) is 16.7 Å². The van der Waals surface area contributed by atoms with E-state index in [-0.39, 0.29) is 18.1 Å². The molecule has 1 aliphatic heterocycles. The van der Waals surface area contributed by atoms with E-state index >= 15 is 0 Å². The fraction of sp³-hybridized carbons (Fsp3) is 0.263. The van der Waals surface area contributed by atoms with Gasteiger partial charge in [-0.2, -0.15) is 5.26 Å². The van der Waals surface area contributed by atoms with Gasteiger partial charge in [0.25, 0.3) is 0 Å². The molecule has 0 saturated carbocycles. The molecule has 0 spiro atoms. The van der Waals surface area contributed by atoms with Crippen molar-refractivity contribution in [2.24, 2.45) is 5.73 Å². The number of nitrogens with zero attached hydrogens (tertiary/aromatic N) is 1. The zero-order valence-electron chi connectivity index (χ0n) is 13.1. The zero-order valence-corrected chi connectivity index (χ0v) is 13.1. The lowest BCUT2D eigenvalue weighted by Gasteiger charge is -2.30. The molecule has 1 heterocycles. The maximum absolute atomic E-state index is 13.3. The lowest BCUT2D eigenvalue weighted by molar-refractivity contribution is -0.118. The fourth-order valence-electron chi connectivity index (χ4n) is 3.28. The second-order valence-corrected chi connectivity index (χ2v) is 5.93. The summed E-state index contributed by atoms with van der Waals surface area (Å²) in [5, 5.41) is 9.07. The van der Waals surface area contributed by atoms with Crippen molar-refractivity contribution < 1.29 is 13.9 Å². The average Bonchev–Trinajstić information content (AvgIpc) is 2.94. The van der Waals surface area contributed by atoms with Crippen LogP contribution in [-0.4, -0.2) is 5.91 Å². The molecule has 1 aliphatic rings. The fourth-order valence-corrected chi connectivity index (χ4v) is 3.28. The number of primary amides is 1. The number of hydrogen-bond donors (Lipinski definition) is 1. The minimum Gasteiger partial charge on any atom is -0.370 e. The molecule has 24 heavy (non-hydrogen) atoms. The number of halogens is 1. The lowest BCUT2D eigenvalue weighted by atomic mass is 9.81. The number of amides is 1. The molecule has 0 fully saturated rings. The highest BCUT2D eigenvalue weighted by molar-refractivity contribution is 5.73. The number of rotatable bonds is 5. The van der Waals surface area contributed by atoms with E-state index in [9.17, 15) is 9.18 Å². The number of benzene rings is 2. The van der Waals surface area contributed by atoms with Crippen molar-refractivity contribution in [3.8, 4) is 6.07 Å². The summed E-state index contributed by atoms with van der Waals surface area (Å²) >= 11 is 0. The third-order valence-electron chi connectivity index (χ3n) is 4.41. The van der Waals surface area contributed by atoms with E-state index in [1.165, 1.54) is 12.1 Å². The third kappa shape index (κ3) is 2.89. The van der Waals surface area contributed by atoms with E-state index in [1.807, 2.05) is 12.1 Å². The summed E-state index contributed by atoms with van der Waals surface area (Å²) in [6, 6.07) is 13.8. The van der Waals surface area contributed by atoms with Gasteiger partial charge in [0.2, 0.25) is 5.91 Å². The van der Waals surface area contributed by atoms with Gasteiger partial charge in [0.1, 0.15) is 11.4 Å². The number of nitriles is 1. The van der Waals surface area contributed by atoms with Crippen LogP contribution >= 0.6 is 0 Å². The molecule has 3 rings (SSSR count). The van der Waals surface area contributed by atoms with Gasteiger partial charge in [-0.25, -0.2) is 4.39 Å². The highest BCUT2D eigenvalue weighted by atomic mass is 19.1. The van der Waals surface area contributed by atoms with Gasteiger partial charge in [-0.3, -0.25) is 4.79 Å². The van der Waals surface area contributed by atoms with E-state index in [2.05, 4.69) is 6.07 Å². The number of nitrogens with two attached hydrogens (primary N) is 1. The van der Waals surface area contributed by atoms with E-state index in [4.69, 9.17) is 15.7 Å². The first-order valence-corrected chi connectivity index (χ1v) is 7.77. The van der Waals surface area contributed by atoms with E-state index in [0.29, 0.717) is 25.0 Å². The Hall–Kier alpha value is -2.71. The number of hydrogen-bond acceptors (Lipinski definition) is 3. The Bertz CT molecular complexity index is 811. The first-order chi connectivity index (χ1) is 11.5. The van der Waals surface area contributed by atoms with Crippen molar-refractivity contribution in [1.29, 1.82) is 5.26 Å². The van der Waals surface area contributed by atoms with E-state index < -0.39 is 5.60 Å². The Morgan fingerprint density at radius 1 is 1.29 bits per heavy atom. The first kappa shape index (κ1) is 16.2. The molecule has 122 valence electrons. The minimum atomic E-state index is -0.744. The Morgan fingerprint density at radius 2 is 2.04 bits per heavy atom. The number of carbonyl (C=O) groups excluding carboxylic acids is 1. The maximum Gasteiger partial charge on any atom is 0.217 e. The Balaban J connectivity index is 2.03. The molecule has 0 saturated heterocycles. The quantitative estimate of drug-likeness (QED) is 0.918. The Morgan fingerprint density at radius 3 is 2.71 bits per heavy atom. The number of carbonyl (C=O) groups is 1. The molecule has 1 amide bonds. The predicted molar refractivity (Wildman–Crippen MR) is 86.2 cm³/mol. The standard InChI is InChI=1S/C19H17FN2O2/c20-16-6-4-15(5-7-16)19(9-1-2-18(22)23)17-8-3-13(11-21)10-14(17)12-24-19/h3-8,10H,1-2,9,12H2,(H2,22,23). The molecule has 0 bridgehead atoms. The molecule has 1 unspecified atom stereocenters. The van der Waals surface area contributed by atoms with Gasteiger partial charge in [-0.1, -0.05) is 18.2 Å². The Labute approximate surface area is 139 Å². The summed E-state index contributed by atoms with van der Waals surface area (Å²) in [7, 11) is 0. The molecule has 1 atom stereocenters. The topological polar surface area (TPSA) is 76.1 Å². The van der Waals surface area contributed by atoms with Crippen LogP contribution in [0.25, 0.3) is 0 Å². The molecule has 2 aromatic rings. The largest absolute Gasteiger partial charge is 0.370 e. The zero-order chi connectivity index (χ0) is 17.2. The highest BCUT2D eigenvalue weighted by Gasteiger charge is 2.41. The molecule has 0 aromatic heterocycles. The molecular formula is C19H17FN2O2. The van der Waals surface area contributed by atoms with Crippen LogP contribution in [0.2, 0.25) is 0 Å². The monoisotopic (exact) mass is 324 g/mol. The molecular weight excluding hydrogens is 307 g/mol. The molecule has 0 aliphatic carbocycles. The number of ether oxygens (including phenoxy) is 1. The van der Waals surface area contributed by atoms with Crippen LogP contribution in [0.3, 0.4) is 0 Å². The maximum atomic E-state index is 13.3. The molecule has 2 aromatic carbocycles.